The molecular formula is C16H25N3O2S. The lowest BCUT2D eigenvalue weighted by Crippen LogP contribution is -2.46. The summed E-state index contributed by atoms with van der Waals surface area (Å²) in [5.41, 5.74) is 1.08. The second-order valence-corrected chi connectivity index (χ2v) is 7.82. The maximum atomic E-state index is 10.7. The predicted octanol–water partition coefficient (Wildman–Crippen LogP) is 2.44. The van der Waals surface area contributed by atoms with Crippen LogP contribution in [-0.2, 0) is 11.3 Å². The molecule has 122 valence electrons. The Morgan fingerprint density at radius 2 is 2.32 bits per heavy atom. The summed E-state index contributed by atoms with van der Waals surface area (Å²) in [5, 5.41) is 15.5. The molecule has 1 unspecified atom stereocenters. The van der Waals surface area contributed by atoms with Gasteiger partial charge in [0.25, 0.3) is 0 Å². The van der Waals surface area contributed by atoms with Gasteiger partial charge in [0.1, 0.15) is 0 Å². The Morgan fingerprint density at radius 3 is 3.05 bits per heavy atom. The molecule has 1 saturated carbocycles. The Balaban J connectivity index is 1.52. The van der Waals surface area contributed by atoms with Gasteiger partial charge in [0.05, 0.1) is 17.2 Å². The number of hydrogen-bond acceptors (Lipinski definition) is 5. The number of nitrogens with one attached hydrogen (secondary N) is 1. The van der Waals surface area contributed by atoms with E-state index in [0.29, 0.717) is 5.92 Å². The molecule has 2 aliphatic rings. The van der Waals surface area contributed by atoms with Gasteiger partial charge in [0.2, 0.25) is 0 Å². The molecule has 1 saturated heterocycles. The molecule has 1 atom stereocenters. The minimum absolute atomic E-state index is 0.0346. The third-order valence-electron chi connectivity index (χ3n) is 4.88. The summed E-state index contributed by atoms with van der Waals surface area (Å²) in [7, 11) is 0. The Morgan fingerprint density at radius 1 is 1.55 bits per heavy atom. The molecule has 3 rings (SSSR count). The fraction of sp³-hybridized carbons (Fsp3) is 0.750. The molecule has 1 aliphatic heterocycles. The third kappa shape index (κ3) is 3.86. The fourth-order valence-corrected chi connectivity index (χ4v) is 4.59. The number of carboxylic acids is 1. The van der Waals surface area contributed by atoms with E-state index in [4.69, 9.17) is 10.1 Å². The number of aromatic nitrogens is 1. The molecule has 1 aromatic heterocycles. The molecule has 0 bridgehead atoms. The van der Waals surface area contributed by atoms with Crippen molar-refractivity contribution in [2.24, 2.45) is 0 Å². The predicted molar refractivity (Wildman–Crippen MR) is 87.3 cm³/mol. The van der Waals surface area contributed by atoms with E-state index in [-0.39, 0.29) is 12.1 Å². The molecule has 0 aromatic carbocycles. The van der Waals surface area contributed by atoms with Crippen LogP contribution in [0, 0.1) is 0 Å². The Bertz CT molecular complexity index is 527. The zero-order valence-corrected chi connectivity index (χ0v) is 14.0. The summed E-state index contributed by atoms with van der Waals surface area (Å²) in [6.45, 7) is 4.91. The zero-order chi connectivity index (χ0) is 15.6. The molecule has 0 radical (unpaired) electrons. The van der Waals surface area contributed by atoms with Gasteiger partial charge in [-0.25, -0.2) is 4.98 Å². The zero-order valence-electron chi connectivity index (χ0n) is 13.2. The smallest absolute Gasteiger partial charge is 0.317 e. The van der Waals surface area contributed by atoms with Crippen molar-refractivity contribution >= 4 is 17.3 Å². The lowest BCUT2D eigenvalue weighted by Gasteiger charge is -2.25. The minimum Gasteiger partial charge on any atom is -0.480 e. The van der Waals surface area contributed by atoms with Crippen molar-refractivity contribution in [3.63, 3.8) is 0 Å². The van der Waals surface area contributed by atoms with Crippen molar-refractivity contribution in [2.75, 3.05) is 19.6 Å². The van der Waals surface area contributed by atoms with Crippen LogP contribution in [0.15, 0.2) is 5.38 Å². The molecular weight excluding hydrogens is 298 g/mol. The van der Waals surface area contributed by atoms with E-state index >= 15 is 0 Å². The van der Waals surface area contributed by atoms with E-state index in [0.717, 1.165) is 26.1 Å². The largest absolute Gasteiger partial charge is 0.480 e. The van der Waals surface area contributed by atoms with Crippen LogP contribution in [0.5, 0.6) is 0 Å². The first-order valence-electron chi connectivity index (χ1n) is 8.18. The number of likely N-dealkylation sites (tertiary alicyclic amines) is 1. The number of nitrogens with zero attached hydrogens (tertiary/aromatic N) is 2. The van der Waals surface area contributed by atoms with E-state index in [1.165, 1.54) is 36.4 Å². The van der Waals surface area contributed by atoms with Crippen LogP contribution in [0.1, 0.15) is 55.6 Å². The van der Waals surface area contributed by atoms with Gasteiger partial charge >= 0.3 is 5.97 Å². The molecule has 5 nitrogen and oxygen atoms in total. The van der Waals surface area contributed by atoms with Gasteiger partial charge in [-0.3, -0.25) is 9.69 Å². The number of carbonyl (C=O) groups is 1. The van der Waals surface area contributed by atoms with Crippen LogP contribution in [0.3, 0.4) is 0 Å². The molecule has 6 heteroatoms. The maximum absolute atomic E-state index is 10.7. The molecule has 22 heavy (non-hydrogen) atoms. The number of carboxylic acid groups (broad SMARTS) is 1. The van der Waals surface area contributed by atoms with Gasteiger partial charge in [0.15, 0.2) is 0 Å². The summed E-state index contributed by atoms with van der Waals surface area (Å²) in [6, 6.07) is 0. The highest BCUT2D eigenvalue weighted by molar-refractivity contribution is 7.09. The third-order valence-corrected chi connectivity index (χ3v) is 5.93. The lowest BCUT2D eigenvalue weighted by atomic mass is 10.0. The normalized spacial score (nSPS) is 26.8. The van der Waals surface area contributed by atoms with E-state index in [9.17, 15) is 4.79 Å². The summed E-state index contributed by atoms with van der Waals surface area (Å²) < 4.78 is 0. The number of hydrogen-bond donors (Lipinski definition) is 2. The van der Waals surface area contributed by atoms with Crippen molar-refractivity contribution < 1.29 is 9.90 Å². The van der Waals surface area contributed by atoms with Crippen LogP contribution in [0.2, 0.25) is 0 Å². The number of aliphatic carboxylic acids is 1. The fourth-order valence-electron chi connectivity index (χ4n) is 3.61. The Hall–Kier alpha value is -0.980. The van der Waals surface area contributed by atoms with Gasteiger partial charge < -0.3 is 10.4 Å². The Kier molecular flexibility index (Phi) is 4.80. The van der Waals surface area contributed by atoms with E-state index in [1.54, 1.807) is 0 Å². The quantitative estimate of drug-likeness (QED) is 0.842. The van der Waals surface area contributed by atoms with Gasteiger partial charge in [-0.15, -0.1) is 11.3 Å². The average molecular weight is 323 g/mol. The summed E-state index contributed by atoms with van der Waals surface area (Å²) in [4.78, 5) is 17.9. The van der Waals surface area contributed by atoms with Crippen LogP contribution in [0.25, 0.3) is 0 Å². The highest BCUT2D eigenvalue weighted by Crippen LogP contribution is 2.35. The monoisotopic (exact) mass is 323 g/mol. The van der Waals surface area contributed by atoms with Crippen LogP contribution in [0.4, 0.5) is 0 Å². The highest BCUT2D eigenvalue weighted by atomic mass is 32.1. The van der Waals surface area contributed by atoms with Gasteiger partial charge in [-0.05, 0) is 26.2 Å². The molecule has 2 N–H and O–H groups in total. The van der Waals surface area contributed by atoms with Crippen molar-refractivity contribution in [1.82, 2.24) is 15.2 Å². The molecule has 1 aliphatic carbocycles. The standard InChI is InChI=1S/C16H25N3O2S/c1-16(17-8-14(20)21)6-7-19(11-16)9-13-10-22-15(18-13)12-4-2-3-5-12/h10,12,17H,2-9,11H2,1H3,(H,20,21). The second-order valence-electron chi connectivity index (χ2n) is 6.93. The molecule has 0 amide bonds. The molecule has 2 heterocycles. The van der Waals surface area contributed by atoms with Gasteiger partial charge in [0, 0.05) is 36.5 Å². The molecule has 2 fully saturated rings. The van der Waals surface area contributed by atoms with Gasteiger partial charge in [-0.1, -0.05) is 12.8 Å². The second kappa shape index (κ2) is 6.64. The number of rotatable bonds is 6. The van der Waals surface area contributed by atoms with Gasteiger partial charge in [-0.2, -0.15) is 0 Å². The van der Waals surface area contributed by atoms with Crippen molar-refractivity contribution in [3.8, 4) is 0 Å². The first kappa shape index (κ1) is 15.9. The van der Waals surface area contributed by atoms with Crippen molar-refractivity contribution in [2.45, 2.75) is 57.0 Å². The minimum atomic E-state index is -0.791. The summed E-state index contributed by atoms with van der Waals surface area (Å²) in [5.74, 6) is -0.0970. The molecule has 0 spiro atoms. The topological polar surface area (TPSA) is 65.5 Å². The van der Waals surface area contributed by atoms with Crippen molar-refractivity contribution in [1.29, 1.82) is 0 Å². The SMILES string of the molecule is CC1(NCC(=O)O)CCN(Cc2csc(C3CCCC3)n2)C1. The summed E-state index contributed by atoms with van der Waals surface area (Å²) in [6.07, 6.45) is 6.28. The first-order valence-corrected chi connectivity index (χ1v) is 9.05. The van der Waals surface area contributed by atoms with Crippen LogP contribution >= 0.6 is 11.3 Å². The lowest BCUT2D eigenvalue weighted by molar-refractivity contribution is -0.136. The first-order chi connectivity index (χ1) is 10.5. The Labute approximate surface area is 135 Å². The highest BCUT2D eigenvalue weighted by Gasteiger charge is 2.34. The van der Waals surface area contributed by atoms with E-state index < -0.39 is 5.97 Å². The number of thiazole rings is 1. The maximum Gasteiger partial charge on any atom is 0.317 e. The van der Waals surface area contributed by atoms with Crippen LogP contribution in [-0.4, -0.2) is 46.1 Å². The summed E-state index contributed by atoms with van der Waals surface area (Å²) >= 11 is 1.81. The van der Waals surface area contributed by atoms with Crippen molar-refractivity contribution in [3.05, 3.63) is 16.1 Å². The van der Waals surface area contributed by atoms with E-state index in [1.807, 2.05) is 11.3 Å². The van der Waals surface area contributed by atoms with E-state index in [2.05, 4.69) is 22.5 Å². The average Bonchev–Trinajstić information content (AvgIpc) is 3.18. The molecule has 1 aromatic rings. The van der Waals surface area contributed by atoms with Crippen LogP contribution < -0.4 is 5.32 Å².